The smallest absolute Gasteiger partial charge is 0.169 e. The number of benzene rings is 1. The van der Waals surface area contributed by atoms with Crippen molar-refractivity contribution in [2.24, 2.45) is 0 Å². The Bertz CT molecular complexity index is 510. The van der Waals surface area contributed by atoms with Crippen LogP contribution in [-0.2, 0) is 5.41 Å². The molecule has 0 spiro atoms. The SMILES string of the molecule is CCC(CC)(C(O)=S)c1nc2ccccc2s1. The molecule has 0 atom stereocenters. The van der Waals surface area contributed by atoms with Gasteiger partial charge in [0.2, 0.25) is 0 Å². The summed E-state index contributed by atoms with van der Waals surface area (Å²) in [5.41, 5.74) is 0.522. The number of aliphatic hydroxyl groups is 1. The number of nitrogens with zero attached hydrogens (tertiary/aromatic N) is 1. The number of para-hydroxylation sites is 1. The second-order valence-corrected chi connectivity index (χ2v) is 5.50. The maximum absolute atomic E-state index is 9.84. The third-order valence-corrected chi connectivity index (χ3v) is 4.95. The van der Waals surface area contributed by atoms with Crippen LogP contribution >= 0.6 is 23.6 Å². The molecule has 2 nitrogen and oxygen atoms in total. The molecule has 0 aliphatic rings. The zero-order valence-corrected chi connectivity index (χ0v) is 11.6. The minimum absolute atomic E-state index is 0.0570. The quantitative estimate of drug-likeness (QED) is 0.839. The first kappa shape index (κ1) is 12.5. The fourth-order valence-electron chi connectivity index (χ4n) is 2.02. The Morgan fingerprint density at radius 2 is 2.00 bits per heavy atom. The van der Waals surface area contributed by atoms with Crippen LogP contribution in [0, 0.1) is 0 Å². The van der Waals surface area contributed by atoms with Gasteiger partial charge < -0.3 is 5.11 Å². The fourth-order valence-corrected chi connectivity index (χ4v) is 3.77. The third-order valence-electron chi connectivity index (χ3n) is 3.32. The lowest BCUT2D eigenvalue weighted by atomic mass is 9.84. The van der Waals surface area contributed by atoms with Crippen LogP contribution in [0.2, 0.25) is 0 Å². The van der Waals surface area contributed by atoms with Gasteiger partial charge >= 0.3 is 0 Å². The lowest BCUT2D eigenvalue weighted by molar-refractivity contribution is 0.428. The summed E-state index contributed by atoms with van der Waals surface area (Å²) in [4.78, 5) is 4.62. The van der Waals surface area contributed by atoms with Gasteiger partial charge in [0.05, 0.1) is 15.6 Å². The second kappa shape index (κ2) is 4.70. The van der Waals surface area contributed by atoms with Gasteiger partial charge in [-0.1, -0.05) is 26.0 Å². The summed E-state index contributed by atoms with van der Waals surface area (Å²) in [6.07, 6.45) is 1.55. The van der Waals surface area contributed by atoms with Crippen molar-refractivity contribution in [3.8, 4) is 0 Å². The highest BCUT2D eigenvalue weighted by Gasteiger charge is 2.36. The summed E-state index contributed by atoms with van der Waals surface area (Å²) in [6, 6.07) is 8.02. The second-order valence-electron chi connectivity index (χ2n) is 4.08. The molecule has 1 N–H and O–H groups in total. The molecule has 0 saturated heterocycles. The molecule has 0 unspecified atom stereocenters. The summed E-state index contributed by atoms with van der Waals surface area (Å²) in [5.74, 6) is 0. The third kappa shape index (κ3) is 1.96. The highest BCUT2D eigenvalue weighted by Crippen LogP contribution is 2.37. The zero-order valence-electron chi connectivity index (χ0n) is 9.93. The summed E-state index contributed by atoms with van der Waals surface area (Å²) in [5, 5.41) is 10.8. The molecular weight excluding hydrogens is 250 g/mol. The van der Waals surface area contributed by atoms with Crippen LogP contribution in [0.5, 0.6) is 0 Å². The summed E-state index contributed by atoms with van der Waals surface area (Å²) < 4.78 is 1.14. The number of aromatic nitrogens is 1. The average molecular weight is 265 g/mol. The Morgan fingerprint density at radius 1 is 1.35 bits per heavy atom. The normalized spacial score (nSPS) is 11.9. The van der Waals surface area contributed by atoms with Crippen LogP contribution in [0.4, 0.5) is 0 Å². The summed E-state index contributed by atoms with van der Waals surface area (Å²) in [7, 11) is 0. The molecule has 0 fully saturated rings. The van der Waals surface area contributed by atoms with Gasteiger partial charge in [-0.15, -0.1) is 11.3 Å². The van der Waals surface area contributed by atoms with E-state index in [4.69, 9.17) is 12.2 Å². The largest absolute Gasteiger partial charge is 0.501 e. The molecule has 0 saturated carbocycles. The van der Waals surface area contributed by atoms with E-state index in [0.29, 0.717) is 0 Å². The van der Waals surface area contributed by atoms with Crippen LogP contribution in [0.3, 0.4) is 0 Å². The van der Waals surface area contributed by atoms with Crippen molar-refractivity contribution < 1.29 is 5.11 Å². The van der Waals surface area contributed by atoms with Gasteiger partial charge in [0.25, 0.3) is 0 Å². The maximum atomic E-state index is 9.84. The van der Waals surface area contributed by atoms with Gasteiger partial charge in [-0.3, -0.25) is 0 Å². The molecule has 0 aliphatic carbocycles. The van der Waals surface area contributed by atoms with Crippen molar-refractivity contribution in [3.63, 3.8) is 0 Å². The Labute approximate surface area is 110 Å². The van der Waals surface area contributed by atoms with Crippen LogP contribution in [-0.4, -0.2) is 15.1 Å². The monoisotopic (exact) mass is 265 g/mol. The Kier molecular flexibility index (Phi) is 3.45. The summed E-state index contributed by atoms with van der Waals surface area (Å²) in [6.45, 7) is 4.08. The first-order valence-electron chi connectivity index (χ1n) is 5.73. The van der Waals surface area contributed by atoms with Crippen molar-refractivity contribution in [2.45, 2.75) is 32.1 Å². The first-order valence-corrected chi connectivity index (χ1v) is 6.96. The number of thiocarbonyl (C=S) groups is 1. The molecule has 90 valence electrons. The molecule has 1 heterocycles. The molecule has 2 rings (SSSR count). The van der Waals surface area contributed by atoms with E-state index in [1.54, 1.807) is 11.3 Å². The van der Waals surface area contributed by atoms with E-state index < -0.39 is 5.41 Å². The predicted octanol–water partition coefficient (Wildman–Crippen LogP) is 4.24. The molecule has 0 bridgehead atoms. The van der Waals surface area contributed by atoms with E-state index in [0.717, 1.165) is 28.1 Å². The number of rotatable bonds is 4. The molecule has 0 aliphatic heterocycles. The minimum Gasteiger partial charge on any atom is -0.501 e. The molecule has 1 aromatic carbocycles. The van der Waals surface area contributed by atoms with E-state index in [9.17, 15) is 5.11 Å². The Hall–Kier alpha value is -1.00. The number of thiazole rings is 1. The highest BCUT2D eigenvalue weighted by atomic mass is 32.1. The van der Waals surface area contributed by atoms with Crippen LogP contribution < -0.4 is 0 Å². The first-order chi connectivity index (χ1) is 8.14. The number of aliphatic hydroxyl groups excluding tert-OH is 1. The number of hydrogen-bond donors (Lipinski definition) is 1. The van der Waals surface area contributed by atoms with Gasteiger partial charge in [0.15, 0.2) is 5.05 Å². The molecule has 0 radical (unpaired) electrons. The average Bonchev–Trinajstić information content (AvgIpc) is 2.74. The number of hydrogen-bond acceptors (Lipinski definition) is 3. The van der Waals surface area contributed by atoms with Gasteiger partial charge in [-0.2, -0.15) is 0 Å². The molecule has 4 heteroatoms. The Morgan fingerprint density at radius 3 is 2.53 bits per heavy atom. The zero-order chi connectivity index (χ0) is 12.5. The maximum Gasteiger partial charge on any atom is 0.169 e. The van der Waals surface area contributed by atoms with Gasteiger partial charge in [0.1, 0.15) is 5.01 Å². The van der Waals surface area contributed by atoms with Gasteiger partial charge in [0, 0.05) is 0 Å². The minimum atomic E-state index is -0.459. The summed E-state index contributed by atoms with van der Waals surface area (Å²) >= 11 is 6.66. The van der Waals surface area contributed by atoms with Crippen molar-refractivity contribution in [3.05, 3.63) is 29.3 Å². The van der Waals surface area contributed by atoms with E-state index >= 15 is 0 Å². The van der Waals surface area contributed by atoms with Crippen molar-refractivity contribution in [2.75, 3.05) is 0 Å². The molecule has 2 aromatic rings. The van der Waals surface area contributed by atoms with Crippen LogP contribution in [0.15, 0.2) is 24.3 Å². The molecule has 1 aromatic heterocycles. The van der Waals surface area contributed by atoms with Crippen molar-refractivity contribution >= 4 is 38.8 Å². The topological polar surface area (TPSA) is 33.1 Å². The Balaban J connectivity index is 2.60. The van der Waals surface area contributed by atoms with E-state index in [1.807, 2.05) is 38.1 Å². The lowest BCUT2D eigenvalue weighted by Gasteiger charge is -2.26. The van der Waals surface area contributed by atoms with Crippen molar-refractivity contribution in [1.82, 2.24) is 4.98 Å². The molecule has 17 heavy (non-hydrogen) atoms. The van der Waals surface area contributed by atoms with Gasteiger partial charge in [-0.05, 0) is 37.2 Å². The number of fused-ring (bicyclic) bond motifs is 1. The molecule has 0 amide bonds. The van der Waals surface area contributed by atoms with E-state index in [2.05, 4.69) is 4.98 Å². The van der Waals surface area contributed by atoms with Gasteiger partial charge in [-0.25, -0.2) is 4.98 Å². The van der Waals surface area contributed by atoms with Crippen LogP contribution in [0.25, 0.3) is 10.2 Å². The molecular formula is C13H15NOS2. The van der Waals surface area contributed by atoms with Crippen molar-refractivity contribution in [1.29, 1.82) is 0 Å². The van der Waals surface area contributed by atoms with Crippen LogP contribution in [0.1, 0.15) is 31.7 Å². The van der Waals surface area contributed by atoms with E-state index in [1.165, 1.54) is 0 Å². The fraction of sp³-hybridized carbons (Fsp3) is 0.385. The predicted molar refractivity (Wildman–Crippen MR) is 77.1 cm³/mol. The highest BCUT2D eigenvalue weighted by molar-refractivity contribution is 7.80. The lowest BCUT2D eigenvalue weighted by Crippen LogP contribution is -2.33. The van der Waals surface area contributed by atoms with E-state index in [-0.39, 0.29) is 5.05 Å². The standard InChI is InChI=1S/C13H15NOS2/c1-3-13(4-2,12(15)16)11-14-9-7-5-6-8-10(9)17-11/h5-8H,3-4H2,1-2H3,(H,15,16).